The topological polar surface area (TPSA) is 62.4 Å². The Morgan fingerprint density at radius 1 is 1.00 bits per heavy atom. The zero-order chi connectivity index (χ0) is 16.4. The maximum Gasteiger partial charge on any atom is 0.316 e. The van der Waals surface area contributed by atoms with Crippen LogP contribution in [0.1, 0.15) is 23.5 Å². The summed E-state index contributed by atoms with van der Waals surface area (Å²) in [6.45, 7) is 1.39. The van der Waals surface area contributed by atoms with Crippen LogP contribution in [-0.4, -0.2) is 24.8 Å². The summed E-state index contributed by atoms with van der Waals surface area (Å²) in [6.07, 6.45) is 0.938. The molecule has 0 spiro atoms. The van der Waals surface area contributed by atoms with Gasteiger partial charge in [0, 0.05) is 12.5 Å². The molecule has 4 rings (SSSR count). The van der Waals surface area contributed by atoms with Crippen LogP contribution in [0.25, 0.3) is 0 Å². The van der Waals surface area contributed by atoms with Gasteiger partial charge in [0.05, 0.1) is 6.04 Å². The molecule has 3 atom stereocenters. The van der Waals surface area contributed by atoms with Gasteiger partial charge < -0.3 is 15.4 Å². The molecular weight excluding hydrogens is 302 g/mol. The summed E-state index contributed by atoms with van der Waals surface area (Å²) in [4.78, 5) is 11.5. The van der Waals surface area contributed by atoms with E-state index < -0.39 is 0 Å². The first-order valence-electron chi connectivity index (χ1n) is 8.35. The Kier molecular flexibility index (Phi) is 4.09. The number of ether oxygens (including phenoxy) is 1. The highest BCUT2D eigenvalue weighted by atomic mass is 16.5. The molecule has 0 radical (unpaired) electrons. The molecule has 5 nitrogen and oxygen atoms in total. The van der Waals surface area contributed by atoms with E-state index in [1.165, 1.54) is 5.56 Å². The lowest BCUT2D eigenvalue weighted by atomic mass is 9.87. The van der Waals surface area contributed by atoms with Gasteiger partial charge in [-0.3, -0.25) is 5.32 Å². The monoisotopic (exact) mass is 323 g/mol. The third kappa shape index (κ3) is 3.08. The smallest absolute Gasteiger partial charge is 0.316 e. The molecule has 2 aliphatic rings. The lowest BCUT2D eigenvalue weighted by molar-refractivity contribution is 0.246. The predicted molar refractivity (Wildman–Crippen MR) is 91.8 cm³/mol. The Bertz CT molecular complexity index is 720. The summed E-state index contributed by atoms with van der Waals surface area (Å²) in [7, 11) is 0. The average Bonchev–Trinajstić information content (AvgIpc) is 3.00. The highest BCUT2D eigenvalue weighted by Crippen LogP contribution is 2.33. The maximum absolute atomic E-state index is 11.5. The number of hydrogen-bond donors (Lipinski definition) is 3. The van der Waals surface area contributed by atoms with Gasteiger partial charge in [-0.2, -0.15) is 0 Å². The van der Waals surface area contributed by atoms with E-state index in [2.05, 4.69) is 34.1 Å². The first kappa shape index (κ1) is 15.0. The largest absolute Gasteiger partial charge is 0.489 e. The Morgan fingerprint density at radius 3 is 2.67 bits per heavy atom. The van der Waals surface area contributed by atoms with E-state index in [1.54, 1.807) is 0 Å². The van der Waals surface area contributed by atoms with Crippen LogP contribution >= 0.6 is 0 Å². The number of carbonyl (C=O) groups is 1. The van der Waals surface area contributed by atoms with Crippen molar-refractivity contribution in [3.63, 3.8) is 0 Å². The number of piperidine rings is 1. The number of nitrogens with one attached hydrogen (secondary N) is 3. The lowest BCUT2D eigenvalue weighted by Gasteiger charge is -2.32. The minimum absolute atomic E-state index is 0.0335. The third-order valence-corrected chi connectivity index (χ3v) is 4.72. The zero-order valence-electron chi connectivity index (χ0n) is 13.4. The fraction of sp³-hybridized carbons (Fsp3) is 0.316. The highest BCUT2D eigenvalue weighted by molar-refractivity contribution is 5.77. The molecular formula is C19H21N3O2. The number of hydrogen-bond acceptors (Lipinski definition) is 3. The van der Waals surface area contributed by atoms with Gasteiger partial charge in [0.2, 0.25) is 0 Å². The van der Waals surface area contributed by atoms with Crippen LogP contribution in [0.3, 0.4) is 0 Å². The van der Waals surface area contributed by atoms with Crippen LogP contribution in [-0.2, 0) is 6.61 Å². The molecule has 2 heterocycles. The molecule has 2 fully saturated rings. The summed E-state index contributed by atoms with van der Waals surface area (Å²) in [6, 6.07) is 18.4. The average molecular weight is 323 g/mol. The molecule has 2 saturated heterocycles. The van der Waals surface area contributed by atoms with Gasteiger partial charge in [-0.05, 0) is 23.6 Å². The number of carbonyl (C=O) groups excluding carboxylic acids is 1. The van der Waals surface area contributed by atoms with Crippen molar-refractivity contribution in [3.8, 4) is 5.75 Å². The molecule has 5 heteroatoms. The predicted octanol–water partition coefficient (Wildman–Crippen LogP) is 2.35. The third-order valence-electron chi connectivity index (χ3n) is 4.72. The van der Waals surface area contributed by atoms with Crippen molar-refractivity contribution < 1.29 is 9.53 Å². The molecule has 2 aromatic carbocycles. The van der Waals surface area contributed by atoms with Gasteiger partial charge in [-0.25, -0.2) is 4.79 Å². The summed E-state index contributed by atoms with van der Waals surface area (Å²) >= 11 is 0. The van der Waals surface area contributed by atoms with E-state index in [0.29, 0.717) is 12.5 Å². The van der Waals surface area contributed by atoms with Gasteiger partial charge in [0.1, 0.15) is 18.5 Å². The summed E-state index contributed by atoms with van der Waals surface area (Å²) in [5.74, 6) is 1.24. The molecule has 124 valence electrons. The normalized spacial score (nSPS) is 25.5. The standard InChI is InChI=1S/C19H21N3O2/c23-19-21-16-10-14(11-20-18(16)22-19)15-8-4-5-9-17(15)24-12-13-6-2-1-3-7-13/h1-9,14,16,18,20H,10-12H2,(H2,21,22,23). The van der Waals surface area contributed by atoms with Gasteiger partial charge in [-0.1, -0.05) is 48.5 Å². The second-order valence-electron chi connectivity index (χ2n) is 6.35. The first-order chi connectivity index (χ1) is 11.8. The lowest BCUT2D eigenvalue weighted by Crippen LogP contribution is -2.52. The molecule has 0 aliphatic carbocycles. The number of fused-ring (bicyclic) bond motifs is 1. The van der Waals surface area contributed by atoms with Crippen molar-refractivity contribution in [3.05, 3.63) is 65.7 Å². The van der Waals surface area contributed by atoms with Crippen molar-refractivity contribution in [1.29, 1.82) is 0 Å². The molecule has 2 aliphatic heterocycles. The molecule has 3 unspecified atom stereocenters. The summed E-state index contributed by atoms with van der Waals surface area (Å²) in [5, 5.41) is 9.29. The first-order valence-corrected chi connectivity index (χ1v) is 8.35. The van der Waals surface area contributed by atoms with Gasteiger partial charge >= 0.3 is 6.03 Å². The van der Waals surface area contributed by atoms with Crippen LogP contribution in [0.2, 0.25) is 0 Å². The Morgan fingerprint density at radius 2 is 1.79 bits per heavy atom. The fourth-order valence-electron chi connectivity index (χ4n) is 3.50. The molecule has 0 aromatic heterocycles. The molecule has 0 saturated carbocycles. The van der Waals surface area contributed by atoms with Crippen molar-refractivity contribution in [1.82, 2.24) is 16.0 Å². The van der Waals surface area contributed by atoms with Gasteiger partial charge in [0.25, 0.3) is 0 Å². The van der Waals surface area contributed by atoms with Crippen LogP contribution in [0, 0.1) is 0 Å². The molecule has 24 heavy (non-hydrogen) atoms. The number of urea groups is 1. The van der Waals surface area contributed by atoms with Crippen molar-refractivity contribution in [2.45, 2.75) is 31.2 Å². The van der Waals surface area contributed by atoms with Crippen LogP contribution in [0.4, 0.5) is 4.79 Å². The van der Waals surface area contributed by atoms with E-state index >= 15 is 0 Å². The van der Waals surface area contributed by atoms with Crippen LogP contribution in [0.5, 0.6) is 5.75 Å². The molecule has 2 amide bonds. The fourth-order valence-corrected chi connectivity index (χ4v) is 3.50. The number of rotatable bonds is 4. The van der Waals surface area contributed by atoms with Gasteiger partial charge in [-0.15, -0.1) is 0 Å². The Labute approximate surface area is 141 Å². The number of para-hydroxylation sites is 1. The SMILES string of the molecule is O=C1NC2CC(c3ccccc3OCc3ccccc3)CNC2N1. The Balaban J connectivity index is 1.48. The summed E-state index contributed by atoms with van der Waals surface area (Å²) < 4.78 is 6.08. The zero-order valence-corrected chi connectivity index (χ0v) is 13.4. The minimum Gasteiger partial charge on any atom is -0.489 e. The Hall–Kier alpha value is -2.53. The maximum atomic E-state index is 11.5. The molecule has 2 aromatic rings. The summed E-state index contributed by atoms with van der Waals surface area (Å²) in [5.41, 5.74) is 2.35. The van der Waals surface area contributed by atoms with Crippen LogP contribution < -0.4 is 20.7 Å². The number of benzene rings is 2. The van der Waals surface area contributed by atoms with E-state index in [0.717, 1.165) is 24.3 Å². The van der Waals surface area contributed by atoms with Gasteiger partial charge in [0.15, 0.2) is 0 Å². The molecule has 3 N–H and O–H groups in total. The van der Waals surface area contributed by atoms with Crippen molar-refractivity contribution in [2.24, 2.45) is 0 Å². The quantitative estimate of drug-likeness (QED) is 0.809. The van der Waals surface area contributed by atoms with Crippen LogP contribution in [0.15, 0.2) is 54.6 Å². The second-order valence-corrected chi connectivity index (χ2v) is 6.35. The van der Waals surface area contributed by atoms with E-state index in [-0.39, 0.29) is 18.2 Å². The second kappa shape index (κ2) is 6.53. The highest BCUT2D eigenvalue weighted by Gasteiger charge is 2.37. The minimum atomic E-state index is -0.0910. The van der Waals surface area contributed by atoms with Crippen molar-refractivity contribution >= 4 is 6.03 Å². The van der Waals surface area contributed by atoms with E-state index in [9.17, 15) is 4.79 Å². The number of amides is 2. The van der Waals surface area contributed by atoms with E-state index in [4.69, 9.17) is 4.74 Å². The van der Waals surface area contributed by atoms with Crippen molar-refractivity contribution in [2.75, 3.05) is 6.54 Å². The van der Waals surface area contributed by atoms with E-state index in [1.807, 2.05) is 36.4 Å². The molecule has 0 bridgehead atoms.